The molecule has 0 atom stereocenters. The van der Waals surface area contributed by atoms with E-state index >= 15 is 0 Å². The first-order valence-electron chi connectivity index (χ1n) is 5.49. The van der Waals surface area contributed by atoms with Gasteiger partial charge in [-0.2, -0.15) is 0 Å². The number of pyridine rings is 1. The van der Waals surface area contributed by atoms with Gasteiger partial charge >= 0.3 is 6.36 Å². The van der Waals surface area contributed by atoms with E-state index in [1.165, 1.54) is 12.1 Å². The molecule has 0 saturated heterocycles. The van der Waals surface area contributed by atoms with Gasteiger partial charge in [0, 0.05) is 18.9 Å². The van der Waals surface area contributed by atoms with Crippen molar-refractivity contribution in [2.24, 2.45) is 0 Å². The van der Waals surface area contributed by atoms with Crippen LogP contribution in [0.2, 0.25) is 0 Å². The first kappa shape index (κ1) is 16.0. The van der Waals surface area contributed by atoms with Crippen LogP contribution in [-0.4, -0.2) is 43.5 Å². The van der Waals surface area contributed by atoms with Gasteiger partial charge in [0.25, 0.3) is 0 Å². The maximum absolute atomic E-state index is 12.0. The van der Waals surface area contributed by atoms with Crippen LogP contribution in [0.3, 0.4) is 0 Å². The van der Waals surface area contributed by atoms with Gasteiger partial charge < -0.3 is 14.4 Å². The number of halogens is 4. The van der Waals surface area contributed by atoms with Crippen LogP contribution in [0.25, 0.3) is 0 Å². The molecule has 1 aromatic rings. The lowest BCUT2D eigenvalue weighted by Gasteiger charge is -2.18. The normalized spacial score (nSPS) is 11.4. The van der Waals surface area contributed by atoms with Crippen molar-refractivity contribution < 1.29 is 22.6 Å². The van der Waals surface area contributed by atoms with Gasteiger partial charge in [-0.05, 0) is 12.1 Å². The minimum absolute atomic E-state index is 0.333. The number of alkyl halides is 4. The van der Waals surface area contributed by atoms with Gasteiger partial charge in [0.05, 0.1) is 19.4 Å². The SMILES string of the molecule is CN(CCOCCBr)c1ccc(OC(F)(F)F)cn1. The number of anilines is 1. The first-order valence-corrected chi connectivity index (χ1v) is 6.61. The molecule has 0 aliphatic rings. The number of hydrogen-bond acceptors (Lipinski definition) is 4. The molecule has 0 aliphatic carbocycles. The molecular formula is C11H14BrF3N2O2. The Balaban J connectivity index is 2.46. The van der Waals surface area contributed by atoms with E-state index < -0.39 is 6.36 Å². The van der Waals surface area contributed by atoms with Crippen molar-refractivity contribution in [2.45, 2.75) is 6.36 Å². The van der Waals surface area contributed by atoms with Crippen LogP contribution in [0.15, 0.2) is 18.3 Å². The molecule has 108 valence electrons. The third-order valence-corrected chi connectivity index (χ3v) is 2.46. The van der Waals surface area contributed by atoms with Crippen LogP contribution in [0.5, 0.6) is 5.75 Å². The predicted octanol–water partition coefficient (Wildman–Crippen LogP) is 2.83. The molecule has 19 heavy (non-hydrogen) atoms. The molecular weight excluding hydrogens is 329 g/mol. The molecule has 0 saturated carbocycles. The number of likely N-dealkylation sites (N-methyl/N-ethyl adjacent to an activating group) is 1. The zero-order valence-corrected chi connectivity index (χ0v) is 11.9. The first-order chi connectivity index (χ1) is 8.92. The van der Waals surface area contributed by atoms with Crippen LogP contribution in [0.1, 0.15) is 0 Å². The molecule has 0 spiro atoms. The van der Waals surface area contributed by atoms with E-state index in [-0.39, 0.29) is 5.75 Å². The van der Waals surface area contributed by atoms with Crippen LogP contribution in [0, 0.1) is 0 Å². The van der Waals surface area contributed by atoms with E-state index in [1.54, 1.807) is 11.9 Å². The fraction of sp³-hybridized carbons (Fsp3) is 0.545. The molecule has 0 aliphatic heterocycles. The van der Waals surface area contributed by atoms with Gasteiger partial charge in [-0.3, -0.25) is 0 Å². The summed E-state index contributed by atoms with van der Waals surface area (Å²) in [6.45, 7) is 1.73. The monoisotopic (exact) mass is 342 g/mol. The molecule has 0 aromatic carbocycles. The van der Waals surface area contributed by atoms with Gasteiger partial charge in [0.2, 0.25) is 0 Å². The summed E-state index contributed by atoms with van der Waals surface area (Å²) in [6, 6.07) is 2.69. The van der Waals surface area contributed by atoms with Gasteiger partial charge in [-0.15, -0.1) is 13.2 Å². The average molecular weight is 343 g/mol. The Labute approximate surface area is 117 Å². The molecule has 0 amide bonds. The maximum Gasteiger partial charge on any atom is 0.573 e. The summed E-state index contributed by atoms with van der Waals surface area (Å²) in [5, 5.41) is 0.762. The van der Waals surface area contributed by atoms with E-state index in [4.69, 9.17) is 4.74 Å². The second kappa shape index (κ2) is 7.54. The predicted molar refractivity (Wildman–Crippen MR) is 68.8 cm³/mol. The topological polar surface area (TPSA) is 34.6 Å². The summed E-state index contributed by atoms with van der Waals surface area (Å²) >= 11 is 3.24. The van der Waals surface area contributed by atoms with Crippen LogP contribution in [0.4, 0.5) is 19.0 Å². The maximum atomic E-state index is 12.0. The van der Waals surface area contributed by atoms with Crippen molar-refractivity contribution in [2.75, 3.05) is 37.0 Å². The van der Waals surface area contributed by atoms with Gasteiger partial charge in [0.15, 0.2) is 0 Å². The third-order valence-electron chi connectivity index (χ3n) is 2.14. The summed E-state index contributed by atoms with van der Waals surface area (Å²) < 4.78 is 44.9. The number of rotatable bonds is 7. The number of nitrogens with zero attached hydrogens (tertiary/aromatic N) is 2. The highest BCUT2D eigenvalue weighted by molar-refractivity contribution is 9.09. The minimum atomic E-state index is -4.70. The Bertz CT molecular complexity index is 373. The van der Waals surface area contributed by atoms with Crippen molar-refractivity contribution >= 4 is 21.7 Å². The highest BCUT2D eigenvalue weighted by Crippen LogP contribution is 2.23. The quantitative estimate of drug-likeness (QED) is 0.563. The lowest BCUT2D eigenvalue weighted by atomic mass is 10.4. The Morgan fingerprint density at radius 3 is 2.58 bits per heavy atom. The highest BCUT2D eigenvalue weighted by Gasteiger charge is 2.31. The van der Waals surface area contributed by atoms with Crippen LogP contribution in [-0.2, 0) is 4.74 Å². The van der Waals surface area contributed by atoms with Crippen molar-refractivity contribution in [1.29, 1.82) is 0 Å². The Hall–Kier alpha value is -1.02. The van der Waals surface area contributed by atoms with Crippen molar-refractivity contribution in [3.05, 3.63) is 18.3 Å². The fourth-order valence-corrected chi connectivity index (χ4v) is 1.49. The summed E-state index contributed by atoms with van der Waals surface area (Å²) in [6.07, 6.45) is -3.66. The molecule has 1 rings (SSSR count). The Morgan fingerprint density at radius 2 is 2.05 bits per heavy atom. The molecule has 0 bridgehead atoms. The second-order valence-corrected chi connectivity index (χ2v) is 4.42. The molecule has 0 unspecified atom stereocenters. The van der Waals surface area contributed by atoms with E-state index in [2.05, 4.69) is 25.7 Å². The molecule has 0 fully saturated rings. The zero-order valence-electron chi connectivity index (χ0n) is 10.3. The third kappa shape index (κ3) is 6.63. The fourth-order valence-electron chi connectivity index (χ4n) is 1.26. The van der Waals surface area contributed by atoms with Gasteiger partial charge in [-0.1, -0.05) is 15.9 Å². The largest absolute Gasteiger partial charge is 0.573 e. The molecule has 1 aromatic heterocycles. The van der Waals surface area contributed by atoms with Crippen LogP contribution < -0.4 is 9.64 Å². The zero-order chi connectivity index (χ0) is 14.3. The molecule has 4 nitrogen and oxygen atoms in total. The van der Waals surface area contributed by atoms with Gasteiger partial charge in [0.1, 0.15) is 11.6 Å². The summed E-state index contributed by atoms with van der Waals surface area (Å²) in [7, 11) is 1.78. The number of hydrogen-bond donors (Lipinski definition) is 0. The Kier molecular flexibility index (Phi) is 6.36. The summed E-state index contributed by atoms with van der Waals surface area (Å²) in [5.41, 5.74) is 0. The van der Waals surface area contributed by atoms with Crippen molar-refractivity contribution in [3.8, 4) is 5.75 Å². The molecule has 8 heteroatoms. The molecule has 0 N–H and O–H groups in total. The number of ether oxygens (including phenoxy) is 2. The smallest absolute Gasteiger partial charge is 0.404 e. The lowest BCUT2D eigenvalue weighted by Crippen LogP contribution is -2.24. The molecule has 1 heterocycles. The van der Waals surface area contributed by atoms with Crippen LogP contribution >= 0.6 is 15.9 Å². The van der Waals surface area contributed by atoms with Crippen molar-refractivity contribution in [3.63, 3.8) is 0 Å². The molecule has 0 radical (unpaired) electrons. The van der Waals surface area contributed by atoms with E-state index in [0.717, 1.165) is 11.5 Å². The van der Waals surface area contributed by atoms with Crippen molar-refractivity contribution in [1.82, 2.24) is 4.98 Å². The average Bonchev–Trinajstić information content (AvgIpc) is 2.33. The Morgan fingerprint density at radius 1 is 1.32 bits per heavy atom. The van der Waals surface area contributed by atoms with E-state index in [9.17, 15) is 13.2 Å². The van der Waals surface area contributed by atoms with E-state index in [1.807, 2.05) is 0 Å². The lowest BCUT2D eigenvalue weighted by molar-refractivity contribution is -0.274. The number of aromatic nitrogens is 1. The standard InChI is InChI=1S/C11H14BrF3N2O2/c1-17(5-7-18-6-4-12)10-3-2-9(8-16-10)19-11(13,14)15/h2-3,8H,4-7H2,1H3. The summed E-state index contributed by atoms with van der Waals surface area (Å²) in [4.78, 5) is 5.68. The van der Waals surface area contributed by atoms with Gasteiger partial charge in [-0.25, -0.2) is 4.98 Å². The summed E-state index contributed by atoms with van der Waals surface area (Å²) in [5.74, 6) is 0.220. The minimum Gasteiger partial charge on any atom is -0.404 e. The second-order valence-electron chi connectivity index (χ2n) is 3.62. The van der Waals surface area contributed by atoms with E-state index in [0.29, 0.717) is 25.6 Å². The highest BCUT2D eigenvalue weighted by atomic mass is 79.9.